The van der Waals surface area contributed by atoms with E-state index in [0.717, 1.165) is 43.5 Å². The summed E-state index contributed by atoms with van der Waals surface area (Å²) in [6.07, 6.45) is 4.14. The first-order valence-corrected chi connectivity index (χ1v) is 5.49. The van der Waals surface area contributed by atoms with E-state index in [4.69, 9.17) is 0 Å². The number of hydrogen-bond donors (Lipinski definition) is 1. The number of unbranched alkanes of at least 4 members (excludes halogenated alkanes) is 1. The number of H-pyrrole nitrogens is 1. The monoisotopic (exact) mass is 196 g/mol. The van der Waals surface area contributed by atoms with Gasteiger partial charge in [0.25, 0.3) is 5.56 Å². The van der Waals surface area contributed by atoms with E-state index in [0.29, 0.717) is 0 Å². The lowest BCUT2D eigenvalue weighted by Crippen LogP contribution is -2.18. The molecule has 1 heterocycles. The quantitative estimate of drug-likeness (QED) is 0.770. The third-order valence-electron chi connectivity index (χ3n) is 2.49. The van der Waals surface area contributed by atoms with Gasteiger partial charge >= 0.3 is 0 Å². The summed E-state index contributed by atoms with van der Waals surface area (Å²) in [5.41, 5.74) is 2.19. The average molecular weight is 196 g/mol. The van der Waals surface area contributed by atoms with Crippen molar-refractivity contribution in [2.24, 2.45) is 0 Å². The molecule has 0 aliphatic carbocycles. The van der Waals surface area contributed by atoms with Gasteiger partial charge < -0.3 is 0 Å². The fourth-order valence-electron chi connectivity index (χ4n) is 1.67. The summed E-state index contributed by atoms with van der Waals surface area (Å²) in [6, 6.07) is 0. The van der Waals surface area contributed by atoms with Crippen molar-refractivity contribution in [1.29, 1.82) is 0 Å². The molecule has 3 nitrogen and oxygen atoms in total. The fraction of sp³-hybridized carbons (Fsp3) is 0.727. The van der Waals surface area contributed by atoms with Crippen LogP contribution in [0, 0.1) is 6.92 Å². The lowest BCUT2D eigenvalue weighted by atomic mass is 10.1. The second kappa shape index (κ2) is 5.03. The Morgan fingerprint density at radius 2 is 2.00 bits per heavy atom. The molecule has 0 aliphatic heterocycles. The van der Waals surface area contributed by atoms with Gasteiger partial charge in [0.15, 0.2) is 0 Å². The lowest BCUT2D eigenvalue weighted by molar-refractivity contribution is 0.580. The van der Waals surface area contributed by atoms with E-state index in [1.54, 1.807) is 4.68 Å². The predicted molar refractivity (Wildman–Crippen MR) is 58.7 cm³/mol. The van der Waals surface area contributed by atoms with E-state index in [9.17, 15) is 4.79 Å². The van der Waals surface area contributed by atoms with Gasteiger partial charge in [0.1, 0.15) is 0 Å². The SMILES string of the molecule is CCCCc1c(C)[nH]n(CCC)c1=O. The van der Waals surface area contributed by atoms with E-state index >= 15 is 0 Å². The van der Waals surface area contributed by atoms with Crippen LogP contribution in [0.5, 0.6) is 0 Å². The molecule has 0 saturated carbocycles. The summed E-state index contributed by atoms with van der Waals surface area (Å²) >= 11 is 0. The first-order valence-electron chi connectivity index (χ1n) is 5.49. The van der Waals surface area contributed by atoms with Crippen LogP contribution in [-0.2, 0) is 13.0 Å². The molecule has 1 aromatic heterocycles. The molecule has 0 aliphatic rings. The van der Waals surface area contributed by atoms with Crippen LogP contribution >= 0.6 is 0 Å². The Balaban J connectivity index is 2.87. The lowest BCUT2D eigenvalue weighted by Gasteiger charge is -1.95. The highest BCUT2D eigenvalue weighted by Crippen LogP contribution is 2.04. The van der Waals surface area contributed by atoms with Gasteiger partial charge in [-0.3, -0.25) is 14.6 Å². The normalized spacial score (nSPS) is 10.8. The van der Waals surface area contributed by atoms with Crippen LogP contribution < -0.4 is 5.56 Å². The Hall–Kier alpha value is -0.990. The van der Waals surface area contributed by atoms with Crippen molar-refractivity contribution in [2.75, 3.05) is 0 Å². The van der Waals surface area contributed by atoms with Gasteiger partial charge in [0.05, 0.1) is 0 Å². The molecule has 0 atom stereocenters. The van der Waals surface area contributed by atoms with Crippen molar-refractivity contribution in [3.05, 3.63) is 21.6 Å². The van der Waals surface area contributed by atoms with Crippen molar-refractivity contribution < 1.29 is 0 Å². The molecule has 1 N–H and O–H groups in total. The van der Waals surface area contributed by atoms with Gasteiger partial charge in [-0.15, -0.1) is 0 Å². The Morgan fingerprint density at radius 1 is 1.29 bits per heavy atom. The Labute approximate surface area is 85.1 Å². The van der Waals surface area contributed by atoms with Crippen LogP contribution in [0.15, 0.2) is 4.79 Å². The third kappa shape index (κ3) is 2.28. The Kier molecular flexibility index (Phi) is 3.98. The highest BCUT2D eigenvalue weighted by Gasteiger charge is 2.09. The maximum Gasteiger partial charge on any atom is 0.269 e. The van der Waals surface area contributed by atoms with E-state index in [2.05, 4.69) is 18.9 Å². The summed E-state index contributed by atoms with van der Waals surface area (Å²) in [4.78, 5) is 11.8. The number of aromatic nitrogens is 2. The van der Waals surface area contributed by atoms with Gasteiger partial charge in [-0.05, 0) is 26.2 Å². The maximum atomic E-state index is 11.8. The molecule has 3 heteroatoms. The summed E-state index contributed by atoms with van der Waals surface area (Å²) in [5, 5.41) is 3.13. The van der Waals surface area contributed by atoms with Gasteiger partial charge in [0, 0.05) is 17.8 Å². The maximum absolute atomic E-state index is 11.8. The van der Waals surface area contributed by atoms with Gasteiger partial charge in [-0.25, -0.2) is 0 Å². The largest absolute Gasteiger partial charge is 0.300 e. The fourth-order valence-corrected chi connectivity index (χ4v) is 1.67. The van der Waals surface area contributed by atoms with Crippen molar-refractivity contribution in [2.45, 2.75) is 53.0 Å². The molecular formula is C11H20N2O. The highest BCUT2D eigenvalue weighted by molar-refractivity contribution is 5.15. The molecule has 0 aromatic carbocycles. The smallest absolute Gasteiger partial charge is 0.269 e. The molecule has 0 amide bonds. The van der Waals surface area contributed by atoms with Crippen LogP contribution in [0.1, 0.15) is 44.4 Å². The predicted octanol–water partition coefficient (Wildman–Crippen LogP) is 2.24. The zero-order valence-corrected chi connectivity index (χ0v) is 9.39. The second-order valence-corrected chi connectivity index (χ2v) is 3.78. The second-order valence-electron chi connectivity index (χ2n) is 3.78. The van der Waals surface area contributed by atoms with Gasteiger partial charge in [-0.1, -0.05) is 20.3 Å². The van der Waals surface area contributed by atoms with E-state index in [-0.39, 0.29) is 5.56 Å². The first kappa shape index (κ1) is 11.1. The molecular weight excluding hydrogens is 176 g/mol. The molecule has 0 fully saturated rings. The molecule has 0 saturated heterocycles. The van der Waals surface area contributed by atoms with E-state index < -0.39 is 0 Å². The average Bonchev–Trinajstić information content (AvgIpc) is 2.41. The Bertz CT molecular complexity index is 336. The van der Waals surface area contributed by atoms with Crippen LogP contribution in [-0.4, -0.2) is 9.78 Å². The zero-order chi connectivity index (χ0) is 10.6. The minimum Gasteiger partial charge on any atom is -0.300 e. The molecule has 0 spiro atoms. The molecule has 1 rings (SSSR count). The number of aryl methyl sites for hydroxylation is 2. The topological polar surface area (TPSA) is 37.8 Å². The molecule has 80 valence electrons. The van der Waals surface area contributed by atoms with Gasteiger partial charge in [-0.2, -0.15) is 0 Å². The van der Waals surface area contributed by atoms with Crippen LogP contribution in [0.4, 0.5) is 0 Å². The third-order valence-corrected chi connectivity index (χ3v) is 2.49. The van der Waals surface area contributed by atoms with Gasteiger partial charge in [0.2, 0.25) is 0 Å². The summed E-state index contributed by atoms with van der Waals surface area (Å²) in [5.74, 6) is 0. The van der Waals surface area contributed by atoms with Crippen LogP contribution in [0.2, 0.25) is 0 Å². The minimum atomic E-state index is 0.179. The van der Waals surface area contributed by atoms with E-state index in [1.807, 2.05) is 6.92 Å². The van der Waals surface area contributed by atoms with E-state index in [1.165, 1.54) is 0 Å². The number of aromatic amines is 1. The number of hydrogen-bond acceptors (Lipinski definition) is 1. The highest BCUT2D eigenvalue weighted by atomic mass is 16.1. The van der Waals surface area contributed by atoms with Crippen molar-refractivity contribution in [3.8, 4) is 0 Å². The minimum absolute atomic E-state index is 0.179. The van der Waals surface area contributed by atoms with Crippen molar-refractivity contribution in [3.63, 3.8) is 0 Å². The molecule has 1 aromatic rings. The van der Waals surface area contributed by atoms with Crippen LogP contribution in [0.3, 0.4) is 0 Å². The number of rotatable bonds is 5. The van der Waals surface area contributed by atoms with Crippen LogP contribution in [0.25, 0.3) is 0 Å². The molecule has 14 heavy (non-hydrogen) atoms. The summed E-state index contributed by atoms with van der Waals surface area (Å²) in [7, 11) is 0. The standard InChI is InChI=1S/C11H20N2O/c1-4-6-7-10-9(3)12-13(8-5-2)11(10)14/h12H,4-8H2,1-3H3. The number of nitrogens with one attached hydrogen (secondary N) is 1. The van der Waals surface area contributed by atoms with Crippen molar-refractivity contribution in [1.82, 2.24) is 9.78 Å². The molecule has 0 bridgehead atoms. The summed E-state index contributed by atoms with van der Waals surface area (Å²) in [6.45, 7) is 7.01. The zero-order valence-electron chi connectivity index (χ0n) is 9.39. The van der Waals surface area contributed by atoms with Crippen molar-refractivity contribution >= 4 is 0 Å². The summed E-state index contributed by atoms with van der Waals surface area (Å²) < 4.78 is 1.72. The molecule has 0 unspecified atom stereocenters. The first-order chi connectivity index (χ1) is 6.70. The number of nitrogens with zero attached hydrogens (tertiary/aromatic N) is 1. The Morgan fingerprint density at radius 3 is 2.57 bits per heavy atom. The molecule has 0 radical (unpaired) electrons.